The van der Waals surface area contributed by atoms with E-state index in [-0.39, 0.29) is 0 Å². The molecule has 0 spiro atoms. The van der Waals surface area contributed by atoms with E-state index in [1.54, 1.807) is 0 Å². The van der Waals surface area contributed by atoms with Gasteiger partial charge in [-0.25, -0.2) is 0 Å². The summed E-state index contributed by atoms with van der Waals surface area (Å²) in [4.78, 5) is 0. The van der Waals surface area contributed by atoms with Crippen molar-refractivity contribution in [3.8, 4) is 0 Å². The van der Waals surface area contributed by atoms with Crippen molar-refractivity contribution >= 4 is 15.9 Å². The van der Waals surface area contributed by atoms with Crippen molar-refractivity contribution in [3.63, 3.8) is 0 Å². The van der Waals surface area contributed by atoms with Crippen molar-refractivity contribution in [1.29, 1.82) is 0 Å². The van der Waals surface area contributed by atoms with Crippen LogP contribution in [0.5, 0.6) is 0 Å². The first kappa shape index (κ1) is 14.1. The van der Waals surface area contributed by atoms with Gasteiger partial charge in [0.05, 0.1) is 15.9 Å². The molecule has 1 aliphatic rings. The molecule has 2 rings (SSSR count). The van der Waals surface area contributed by atoms with Crippen LogP contribution in [0.25, 0.3) is 0 Å². The molecule has 2 N–H and O–H groups in total. The molecule has 0 radical (unpaired) electrons. The Hall–Kier alpha value is -0.350. The topological polar surface area (TPSA) is 43.8 Å². The maximum absolute atomic E-state index is 5.96. The second-order valence-electron chi connectivity index (χ2n) is 5.57. The van der Waals surface area contributed by atoms with Crippen LogP contribution in [-0.4, -0.2) is 16.3 Å². The quantitative estimate of drug-likeness (QED) is 0.871. The Labute approximate surface area is 118 Å². The summed E-state index contributed by atoms with van der Waals surface area (Å²) in [5, 5.41) is 4.49. The van der Waals surface area contributed by atoms with Crippen LogP contribution in [0.15, 0.2) is 4.47 Å². The van der Waals surface area contributed by atoms with Gasteiger partial charge >= 0.3 is 0 Å². The highest BCUT2D eigenvalue weighted by molar-refractivity contribution is 9.10. The third-order valence-corrected chi connectivity index (χ3v) is 5.37. The van der Waals surface area contributed by atoms with Crippen LogP contribution in [-0.2, 0) is 13.5 Å². The van der Waals surface area contributed by atoms with Crippen molar-refractivity contribution < 1.29 is 0 Å². The summed E-state index contributed by atoms with van der Waals surface area (Å²) in [6.07, 6.45) is 7.81. The number of rotatable bonds is 3. The van der Waals surface area contributed by atoms with E-state index in [0.29, 0.717) is 5.92 Å². The average molecular weight is 314 g/mol. The molecule has 2 atom stereocenters. The van der Waals surface area contributed by atoms with Crippen molar-refractivity contribution in [2.24, 2.45) is 24.6 Å². The molecule has 0 aromatic carbocycles. The number of nitrogens with two attached hydrogens (primary N) is 1. The minimum Gasteiger partial charge on any atom is -0.330 e. The maximum atomic E-state index is 5.96. The Morgan fingerprint density at radius 3 is 2.50 bits per heavy atom. The predicted molar refractivity (Wildman–Crippen MR) is 78.5 cm³/mol. The van der Waals surface area contributed by atoms with Crippen LogP contribution in [0.1, 0.15) is 43.5 Å². The van der Waals surface area contributed by atoms with Crippen LogP contribution in [0, 0.1) is 18.8 Å². The smallest absolute Gasteiger partial charge is 0.0738 e. The lowest BCUT2D eigenvalue weighted by Crippen LogP contribution is -2.25. The van der Waals surface area contributed by atoms with Gasteiger partial charge in [-0.05, 0) is 60.5 Å². The average Bonchev–Trinajstić information content (AvgIpc) is 2.56. The van der Waals surface area contributed by atoms with E-state index in [4.69, 9.17) is 5.73 Å². The minimum atomic E-state index is 0.689. The molecule has 0 aliphatic heterocycles. The molecule has 2 unspecified atom stereocenters. The third kappa shape index (κ3) is 2.97. The van der Waals surface area contributed by atoms with E-state index in [1.807, 2.05) is 11.7 Å². The van der Waals surface area contributed by atoms with Gasteiger partial charge < -0.3 is 5.73 Å². The number of aromatic nitrogens is 2. The van der Waals surface area contributed by atoms with E-state index < -0.39 is 0 Å². The zero-order chi connectivity index (χ0) is 13.1. The second-order valence-corrected chi connectivity index (χ2v) is 6.36. The van der Waals surface area contributed by atoms with Crippen molar-refractivity contribution in [1.82, 2.24) is 9.78 Å². The maximum Gasteiger partial charge on any atom is 0.0738 e. The van der Waals surface area contributed by atoms with Crippen molar-refractivity contribution in [2.45, 2.75) is 45.4 Å². The number of halogens is 1. The number of hydrogen-bond donors (Lipinski definition) is 1. The Morgan fingerprint density at radius 1 is 1.28 bits per heavy atom. The molecular weight excluding hydrogens is 290 g/mol. The molecule has 102 valence electrons. The van der Waals surface area contributed by atoms with E-state index in [2.05, 4.69) is 28.0 Å². The van der Waals surface area contributed by atoms with Crippen molar-refractivity contribution in [2.75, 3.05) is 6.54 Å². The van der Waals surface area contributed by atoms with Gasteiger partial charge in [-0.3, -0.25) is 4.68 Å². The molecule has 4 heteroatoms. The molecule has 1 aliphatic carbocycles. The largest absolute Gasteiger partial charge is 0.330 e. The molecule has 18 heavy (non-hydrogen) atoms. The summed E-state index contributed by atoms with van der Waals surface area (Å²) in [6.45, 7) is 2.89. The first-order valence-electron chi connectivity index (χ1n) is 7.01. The second kappa shape index (κ2) is 6.20. The molecule has 0 saturated heterocycles. The van der Waals surface area contributed by atoms with E-state index in [1.165, 1.54) is 42.3 Å². The summed E-state index contributed by atoms with van der Waals surface area (Å²) in [7, 11) is 2.04. The van der Waals surface area contributed by atoms with Crippen LogP contribution in [0.3, 0.4) is 0 Å². The minimum absolute atomic E-state index is 0.689. The van der Waals surface area contributed by atoms with Gasteiger partial charge in [0.25, 0.3) is 0 Å². The SMILES string of the molecule is Cc1nn(C)c(CC2CCCCCC2CN)c1Br. The van der Waals surface area contributed by atoms with Crippen LogP contribution < -0.4 is 5.73 Å². The summed E-state index contributed by atoms with van der Waals surface area (Å²) >= 11 is 3.67. The Morgan fingerprint density at radius 2 is 1.94 bits per heavy atom. The standard InChI is InChI=1S/C14H24BrN3/c1-10-14(15)13(18(2)17-10)8-11-6-4-3-5-7-12(11)9-16/h11-12H,3-9,16H2,1-2H3. The van der Waals surface area contributed by atoms with Gasteiger partial charge in [-0.2, -0.15) is 5.10 Å². The lowest BCUT2D eigenvalue weighted by molar-refractivity contribution is 0.312. The lowest BCUT2D eigenvalue weighted by atomic mass is 9.84. The first-order valence-corrected chi connectivity index (χ1v) is 7.80. The Kier molecular flexibility index (Phi) is 4.84. The van der Waals surface area contributed by atoms with E-state index in [9.17, 15) is 0 Å². The number of hydrogen-bond acceptors (Lipinski definition) is 2. The zero-order valence-electron chi connectivity index (χ0n) is 11.5. The molecule has 0 amide bonds. The predicted octanol–water partition coefficient (Wildman–Crippen LogP) is 3.19. The molecule has 1 saturated carbocycles. The molecule has 1 aromatic rings. The van der Waals surface area contributed by atoms with Crippen LogP contribution in [0.4, 0.5) is 0 Å². The normalized spacial score (nSPS) is 25.1. The summed E-state index contributed by atoms with van der Waals surface area (Å²) in [6, 6.07) is 0. The monoisotopic (exact) mass is 313 g/mol. The zero-order valence-corrected chi connectivity index (χ0v) is 13.0. The summed E-state index contributed by atoms with van der Waals surface area (Å²) < 4.78 is 3.21. The fourth-order valence-electron chi connectivity index (χ4n) is 3.19. The van der Waals surface area contributed by atoms with E-state index >= 15 is 0 Å². The molecule has 0 bridgehead atoms. The first-order chi connectivity index (χ1) is 8.63. The van der Waals surface area contributed by atoms with Crippen molar-refractivity contribution in [3.05, 3.63) is 15.9 Å². The molecule has 3 nitrogen and oxygen atoms in total. The highest BCUT2D eigenvalue weighted by atomic mass is 79.9. The van der Waals surface area contributed by atoms with E-state index in [0.717, 1.165) is 24.6 Å². The summed E-state index contributed by atoms with van der Waals surface area (Å²) in [5.74, 6) is 1.42. The van der Waals surface area contributed by atoms with Gasteiger partial charge in [0.15, 0.2) is 0 Å². The fourth-order valence-corrected chi connectivity index (χ4v) is 3.69. The van der Waals surface area contributed by atoms with Crippen LogP contribution in [0.2, 0.25) is 0 Å². The number of aryl methyl sites for hydroxylation is 2. The molecular formula is C14H24BrN3. The van der Waals surface area contributed by atoms with Gasteiger partial charge in [0.2, 0.25) is 0 Å². The lowest BCUT2D eigenvalue weighted by Gasteiger charge is -2.24. The highest BCUT2D eigenvalue weighted by Crippen LogP contribution is 2.33. The molecule has 1 fully saturated rings. The van der Waals surface area contributed by atoms with Crippen LogP contribution >= 0.6 is 15.9 Å². The number of nitrogens with zero attached hydrogens (tertiary/aromatic N) is 2. The van der Waals surface area contributed by atoms with Gasteiger partial charge in [0, 0.05) is 7.05 Å². The summed E-state index contributed by atoms with van der Waals surface area (Å²) in [5.41, 5.74) is 8.38. The van der Waals surface area contributed by atoms with Gasteiger partial charge in [-0.1, -0.05) is 19.3 Å². The molecule has 1 heterocycles. The van der Waals surface area contributed by atoms with Gasteiger partial charge in [0.1, 0.15) is 0 Å². The Balaban J connectivity index is 2.15. The fraction of sp³-hybridized carbons (Fsp3) is 0.786. The van der Waals surface area contributed by atoms with Gasteiger partial charge in [-0.15, -0.1) is 0 Å². The molecule has 1 aromatic heterocycles. The Bertz CT molecular complexity index is 400. The third-order valence-electron chi connectivity index (χ3n) is 4.34. The highest BCUT2D eigenvalue weighted by Gasteiger charge is 2.25.